The molecule has 142 valence electrons. The van der Waals surface area contributed by atoms with E-state index < -0.39 is 0 Å². The highest BCUT2D eigenvalue weighted by atomic mass is 79.9. The Hall–Kier alpha value is -1.92. The summed E-state index contributed by atoms with van der Waals surface area (Å²) in [4.78, 5) is 21.4. The van der Waals surface area contributed by atoms with Crippen molar-refractivity contribution >= 4 is 21.8 Å². The zero-order valence-corrected chi connectivity index (χ0v) is 17.0. The summed E-state index contributed by atoms with van der Waals surface area (Å²) < 4.78 is 6.71. The van der Waals surface area contributed by atoms with Gasteiger partial charge >= 0.3 is 0 Å². The fraction of sp³-hybridized carbons (Fsp3) is 0.429. The molecule has 1 amide bonds. The number of nitrogens with zero attached hydrogens (tertiary/aromatic N) is 3. The first kappa shape index (κ1) is 18.4. The van der Waals surface area contributed by atoms with E-state index in [0.717, 1.165) is 22.3 Å². The van der Waals surface area contributed by atoms with E-state index in [4.69, 9.17) is 4.74 Å². The molecule has 6 heteroatoms. The van der Waals surface area contributed by atoms with Crippen LogP contribution in [-0.2, 0) is 13.1 Å². The molecule has 0 N–H and O–H groups in total. The number of ether oxygens (including phenoxy) is 1. The van der Waals surface area contributed by atoms with Gasteiger partial charge in [0.2, 0.25) is 0 Å². The average Bonchev–Trinajstić information content (AvgIpc) is 2.90. The number of amides is 1. The van der Waals surface area contributed by atoms with Gasteiger partial charge in [-0.05, 0) is 65.6 Å². The Kier molecular flexibility index (Phi) is 5.74. The lowest BCUT2D eigenvalue weighted by atomic mass is 10.1. The number of pyridine rings is 1. The van der Waals surface area contributed by atoms with Crippen molar-refractivity contribution in [1.82, 2.24) is 14.8 Å². The van der Waals surface area contributed by atoms with E-state index in [0.29, 0.717) is 25.3 Å². The van der Waals surface area contributed by atoms with E-state index in [-0.39, 0.29) is 5.91 Å². The van der Waals surface area contributed by atoms with Crippen molar-refractivity contribution in [2.75, 3.05) is 26.2 Å². The quantitative estimate of drug-likeness (QED) is 0.742. The standard InChI is InChI=1S/C21H24BrN3O2/c22-19-11-17(12-23-13-19)21(26)25-8-9-27-20-5-4-16(10-18(20)15-25)14-24-6-2-1-3-7-24/h4-5,10-13H,1-3,6-9,14-15H2. The summed E-state index contributed by atoms with van der Waals surface area (Å²) in [6, 6.07) is 8.23. The molecule has 1 aromatic heterocycles. The molecule has 0 bridgehead atoms. The Balaban J connectivity index is 1.51. The molecule has 2 aromatic rings. The molecule has 0 aliphatic carbocycles. The van der Waals surface area contributed by atoms with Crippen molar-refractivity contribution in [3.05, 3.63) is 57.8 Å². The molecule has 2 aliphatic rings. The lowest BCUT2D eigenvalue weighted by Gasteiger charge is -2.26. The van der Waals surface area contributed by atoms with Crippen molar-refractivity contribution in [3.63, 3.8) is 0 Å². The van der Waals surface area contributed by atoms with Gasteiger partial charge in [-0.2, -0.15) is 0 Å². The van der Waals surface area contributed by atoms with Crippen LogP contribution in [-0.4, -0.2) is 46.9 Å². The van der Waals surface area contributed by atoms with Crippen molar-refractivity contribution in [2.45, 2.75) is 32.4 Å². The van der Waals surface area contributed by atoms with Gasteiger partial charge in [0.25, 0.3) is 5.91 Å². The number of carbonyl (C=O) groups excluding carboxylic acids is 1. The zero-order valence-electron chi connectivity index (χ0n) is 15.4. The van der Waals surface area contributed by atoms with Crippen LogP contribution < -0.4 is 4.74 Å². The average molecular weight is 430 g/mol. The molecule has 2 aliphatic heterocycles. The molecule has 1 aromatic carbocycles. The van der Waals surface area contributed by atoms with Gasteiger partial charge in [-0.25, -0.2) is 0 Å². The predicted octanol–water partition coefficient (Wildman–Crippen LogP) is 3.86. The zero-order chi connectivity index (χ0) is 18.6. The fourth-order valence-electron chi connectivity index (χ4n) is 3.81. The maximum atomic E-state index is 12.9. The molecule has 1 fully saturated rings. The monoisotopic (exact) mass is 429 g/mol. The van der Waals surface area contributed by atoms with Gasteiger partial charge in [-0.1, -0.05) is 12.5 Å². The SMILES string of the molecule is O=C(c1cncc(Br)c1)N1CCOc2ccc(CN3CCCCC3)cc2C1. The lowest BCUT2D eigenvalue weighted by Crippen LogP contribution is -2.32. The molecule has 0 spiro atoms. The minimum Gasteiger partial charge on any atom is -0.491 e. The summed E-state index contributed by atoms with van der Waals surface area (Å²) in [7, 11) is 0. The second-order valence-corrected chi connectivity index (χ2v) is 8.16. The maximum absolute atomic E-state index is 12.9. The van der Waals surface area contributed by atoms with Crippen LogP contribution >= 0.6 is 15.9 Å². The Morgan fingerprint density at radius 1 is 1.11 bits per heavy atom. The molecule has 1 saturated heterocycles. The normalized spacial score (nSPS) is 17.7. The summed E-state index contributed by atoms with van der Waals surface area (Å²) in [5.74, 6) is 0.877. The highest BCUT2D eigenvalue weighted by molar-refractivity contribution is 9.10. The summed E-state index contributed by atoms with van der Waals surface area (Å²) >= 11 is 3.39. The van der Waals surface area contributed by atoms with E-state index in [2.05, 4.69) is 44.0 Å². The number of halogens is 1. The molecule has 0 saturated carbocycles. The van der Waals surface area contributed by atoms with E-state index in [1.807, 2.05) is 11.0 Å². The van der Waals surface area contributed by atoms with E-state index in [9.17, 15) is 4.79 Å². The van der Waals surface area contributed by atoms with Gasteiger partial charge in [0.05, 0.1) is 12.1 Å². The molecular weight excluding hydrogens is 406 g/mol. The van der Waals surface area contributed by atoms with Crippen LogP contribution in [0.1, 0.15) is 40.7 Å². The number of aromatic nitrogens is 1. The highest BCUT2D eigenvalue weighted by Gasteiger charge is 2.22. The van der Waals surface area contributed by atoms with Crippen LogP contribution in [0.15, 0.2) is 41.1 Å². The van der Waals surface area contributed by atoms with Crippen LogP contribution in [0.5, 0.6) is 5.75 Å². The van der Waals surface area contributed by atoms with Crippen molar-refractivity contribution in [3.8, 4) is 5.75 Å². The minimum absolute atomic E-state index is 0.0123. The number of hydrogen-bond acceptors (Lipinski definition) is 4. The Morgan fingerprint density at radius 3 is 2.78 bits per heavy atom. The van der Waals surface area contributed by atoms with Crippen LogP contribution in [0.3, 0.4) is 0 Å². The number of rotatable bonds is 3. The maximum Gasteiger partial charge on any atom is 0.255 e. The van der Waals surface area contributed by atoms with Gasteiger partial charge in [0.1, 0.15) is 12.4 Å². The Labute approximate surface area is 168 Å². The van der Waals surface area contributed by atoms with Gasteiger partial charge in [0, 0.05) is 35.5 Å². The molecule has 27 heavy (non-hydrogen) atoms. The second-order valence-electron chi connectivity index (χ2n) is 7.25. The second kappa shape index (κ2) is 8.40. The van der Waals surface area contributed by atoms with Gasteiger partial charge in [-0.15, -0.1) is 0 Å². The fourth-order valence-corrected chi connectivity index (χ4v) is 4.17. The molecule has 4 rings (SSSR count). The summed E-state index contributed by atoms with van der Waals surface area (Å²) in [6.07, 6.45) is 7.22. The van der Waals surface area contributed by atoms with Crippen LogP contribution in [0.4, 0.5) is 0 Å². The topological polar surface area (TPSA) is 45.7 Å². The van der Waals surface area contributed by atoms with Crippen molar-refractivity contribution in [1.29, 1.82) is 0 Å². The smallest absolute Gasteiger partial charge is 0.255 e. The van der Waals surface area contributed by atoms with Gasteiger partial charge in [-0.3, -0.25) is 14.7 Å². The van der Waals surface area contributed by atoms with Crippen molar-refractivity contribution < 1.29 is 9.53 Å². The number of hydrogen-bond donors (Lipinski definition) is 0. The number of likely N-dealkylation sites (tertiary alicyclic amines) is 1. The summed E-state index contributed by atoms with van der Waals surface area (Å²) in [5.41, 5.74) is 2.97. The summed E-state index contributed by atoms with van der Waals surface area (Å²) in [5, 5.41) is 0. The first-order valence-corrected chi connectivity index (χ1v) is 10.3. The van der Waals surface area contributed by atoms with Gasteiger partial charge in [0.15, 0.2) is 0 Å². The van der Waals surface area contributed by atoms with Crippen LogP contribution in [0.25, 0.3) is 0 Å². The number of carbonyl (C=O) groups is 1. The predicted molar refractivity (Wildman–Crippen MR) is 108 cm³/mol. The van der Waals surface area contributed by atoms with E-state index in [1.165, 1.54) is 37.9 Å². The molecular formula is C21H24BrN3O2. The van der Waals surface area contributed by atoms with E-state index in [1.54, 1.807) is 12.4 Å². The minimum atomic E-state index is -0.0123. The molecule has 0 atom stereocenters. The third-order valence-electron chi connectivity index (χ3n) is 5.20. The van der Waals surface area contributed by atoms with Crippen LogP contribution in [0.2, 0.25) is 0 Å². The van der Waals surface area contributed by atoms with Crippen LogP contribution in [0, 0.1) is 0 Å². The molecule has 5 nitrogen and oxygen atoms in total. The van der Waals surface area contributed by atoms with Crippen molar-refractivity contribution in [2.24, 2.45) is 0 Å². The third-order valence-corrected chi connectivity index (χ3v) is 5.63. The number of piperidine rings is 1. The first-order valence-electron chi connectivity index (χ1n) is 9.56. The number of benzene rings is 1. The molecule has 0 radical (unpaired) electrons. The Morgan fingerprint density at radius 2 is 1.96 bits per heavy atom. The molecule has 3 heterocycles. The first-order chi connectivity index (χ1) is 13.2. The van der Waals surface area contributed by atoms with E-state index >= 15 is 0 Å². The molecule has 0 unspecified atom stereocenters. The summed E-state index contributed by atoms with van der Waals surface area (Å²) in [6.45, 7) is 4.96. The van der Waals surface area contributed by atoms with Gasteiger partial charge < -0.3 is 9.64 Å². The largest absolute Gasteiger partial charge is 0.491 e. The Bertz CT molecular complexity index is 821. The number of fused-ring (bicyclic) bond motifs is 1. The highest BCUT2D eigenvalue weighted by Crippen LogP contribution is 2.26. The lowest BCUT2D eigenvalue weighted by molar-refractivity contribution is 0.0732. The third kappa shape index (κ3) is 4.50.